The fourth-order valence-corrected chi connectivity index (χ4v) is 2.03. The summed E-state index contributed by atoms with van der Waals surface area (Å²) in [5.41, 5.74) is 0. The third-order valence-corrected chi connectivity index (χ3v) is 7.65. The zero-order valence-electron chi connectivity index (χ0n) is 11.9. The van der Waals surface area contributed by atoms with E-state index in [-0.39, 0.29) is 24.0 Å². The highest BCUT2D eigenvalue weighted by molar-refractivity contribution is 6.74. The van der Waals surface area contributed by atoms with Crippen molar-refractivity contribution in [2.75, 3.05) is 13.2 Å². The lowest BCUT2D eigenvalue weighted by molar-refractivity contribution is -0.145. The largest absolute Gasteiger partial charge is 0.466 e. The zero-order valence-corrected chi connectivity index (χ0v) is 12.9. The van der Waals surface area contributed by atoms with Crippen LogP contribution in [0.4, 0.5) is 0 Å². The molecule has 0 saturated carbocycles. The topological polar surface area (TPSA) is 55.8 Å². The molecule has 0 fully saturated rings. The highest BCUT2D eigenvalue weighted by Crippen LogP contribution is 2.36. The van der Waals surface area contributed by atoms with E-state index in [0.29, 0.717) is 6.61 Å². The Hall–Kier alpha value is -0.393. The van der Waals surface area contributed by atoms with Crippen molar-refractivity contribution in [3.05, 3.63) is 0 Å². The van der Waals surface area contributed by atoms with Crippen LogP contribution in [0, 0.1) is 0 Å². The van der Waals surface area contributed by atoms with Crippen LogP contribution < -0.4 is 0 Å². The maximum absolute atomic E-state index is 11.1. The number of hydrogen-bond donors (Lipinski definition) is 1. The lowest BCUT2D eigenvalue weighted by Gasteiger charge is -2.36. The fraction of sp³-hybridized carbons (Fsp3) is 0.917. The first-order valence-electron chi connectivity index (χ1n) is 6.08. The van der Waals surface area contributed by atoms with Gasteiger partial charge in [0, 0.05) is 0 Å². The molecule has 0 aromatic rings. The van der Waals surface area contributed by atoms with E-state index in [9.17, 15) is 9.90 Å². The smallest absolute Gasteiger partial charge is 0.308 e. The summed E-state index contributed by atoms with van der Waals surface area (Å²) in [6.45, 7) is 12.9. The third kappa shape index (κ3) is 6.19. The lowest BCUT2D eigenvalue weighted by atomic mass is 10.2. The first-order chi connectivity index (χ1) is 7.60. The second kappa shape index (κ2) is 6.52. The Balaban J connectivity index is 4.08. The van der Waals surface area contributed by atoms with Crippen LogP contribution in [-0.2, 0) is 14.0 Å². The van der Waals surface area contributed by atoms with Gasteiger partial charge in [-0.2, -0.15) is 0 Å². The first kappa shape index (κ1) is 16.6. The fourth-order valence-electron chi connectivity index (χ4n) is 0.992. The van der Waals surface area contributed by atoms with Gasteiger partial charge in [-0.1, -0.05) is 20.8 Å². The first-order valence-corrected chi connectivity index (χ1v) is 8.98. The predicted octanol–water partition coefficient (Wildman–Crippen LogP) is 2.32. The van der Waals surface area contributed by atoms with Gasteiger partial charge >= 0.3 is 5.97 Å². The van der Waals surface area contributed by atoms with E-state index < -0.39 is 14.4 Å². The predicted molar refractivity (Wildman–Crippen MR) is 70.4 cm³/mol. The van der Waals surface area contributed by atoms with Crippen molar-refractivity contribution < 1.29 is 19.1 Å². The second-order valence-corrected chi connectivity index (χ2v) is 10.5. The molecule has 17 heavy (non-hydrogen) atoms. The molecule has 0 aromatic carbocycles. The summed E-state index contributed by atoms with van der Waals surface area (Å²) >= 11 is 0. The second-order valence-electron chi connectivity index (χ2n) is 5.73. The molecule has 5 heteroatoms. The summed E-state index contributed by atoms with van der Waals surface area (Å²) in [4.78, 5) is 11.1. The Kier molecular flexibility index (Phi) is 6.36. The van der Waals surface area contributed by atoms with Gasteiger partial charge in [-0.3, -0.25) is 4.79 Å². The Morgan fingerprint density at radius 1 is 1.35 bits per heavy atom. The highest BCUT2D eigenvalue weighted by atomic mass is 28.4. The molecule has 4 nitrogen and oxygen atoms in total. The van der Waals surface area contributed by atoms with Gasteiger partial charge in [-0.05, 0) is 25.1 Å². The zero-order chi connectivity index (χ0) is 13.7. The Morgan fingerprint density at radius 2 is 1.88 bits per heavy atom. The Bertz CT molecular complexity index is 245. The maximum Gasteiger partial charge on any atom is 0.308 e. The molecule has 0 aliphatic carbocycles. The van der Waals surface area contributed by atoms with Gasteiger partial charge < -0.3 is 14.3 Å². The Morgan fingerprint density at radius 3 is 2.29 bits per heavy atom. The molecule has 0 heterocycles. The van der Waals surface area contributed by atoms with Gasteiger partial charge in [0.2, 0.25) is 0 Å². The molecule has 0 rings (SSSR count). The lowest BCUT2D eigenvalue weighted by Crippen LogP contribution is -2.42. The van der Waals surface area contributed by atoms with Crippen molar-refractivity contribution in [2.24, 2.45) is 0 Å². The van der Waals surface area contributed by atoms with Gasteiger partial charge in [-0.25, -0.2) is 0 Å². The molecule has 0 saturated heterocycles. The summed E-state index contributed by atoms with van der Waals surface area (Å²) in [5.74, 6) is -0.376. The molecular weight excluding hydrogens is 236 g/mol. The summed E-state index contributed by atoms with van der Waals surface area (Å²) in [6.07, 6.45) is -0.772. The van der Waals surface area contributed by atoms with Gasteiger partial charge in [0.05, 0.1) is 25.7 Å². The van der Waals surface area contributed by atoms with Crippen LogP contribution in [0.5, 0.6) is 0 Å². The molecule has 1 N–H and O–H groups in total. The van der Waals surface area contributed by atoms with E-state index in [4.69, 9.17) is 9.16 Å². The number of esters is 1. The van der Waals surface area contributed by atoms with Crippen molar-refractivity contribution in [1.29, 1.82) is 0 Å². The number of carbonyl (C=O) groups excluding carboxylic acids is 1. The molecular formula is C12H26O4Si. The van der Waals surface area contributed by atoms with Gasteiger partial charge in [0.15, 0.2) is 8.32 Å². The summed E-state index contributed by atoms with van der Waals surface area (Å²) < 4.78 is 10.6. The van der Waals surface area contributed by atoms with Crippen LogP contribution >= 0.6 is 0 Å². The molecule has 0 radical (unpaired) electrons. The molecule has 0 amide bonds. The van der Waals surface area contributed by atoms with E-state index in [1.54, 1.807) is 6.92 Å². The van der Waals surface area contributed by atoms with Crippen molar-refractivity contribution in [3.8, 4) is 0 Å². The molecule has 102 valence electrons. The van der Waals surface area contributed by atoms with Crippen molar-refractivity contribution in [2.45, 2.75) is 58.4 Å². The third-order valence-electron chi connectivity index (χ3n) is 3.15. The van der Waals surface area contributed by atoms with Gasteiger partial charge in [0.1, 0.15) is 0 Å². The van der Waals surface area contributed by atoms with Crippen LogP contribution in [0.2, 0.25) is 18.1 Å². The molecule has 0 unspecified atom stereocenters. The van der Waals surface area contributed by atoms with Crippen molar-refractivity contribution >= 4 is 14.3 Å². The van der Waals surface area contributed by atoms with Gasteiger partial charge in [-0.15, -0.1) is 0 Å². The van der Waals surface area contributed by atoms with Crippen LogP contribution in [0.25, 0.3) is 0 Å². The van der Waals surface area contributed by atoms with E-state index in [1.165, 1.54) is 0 Å². The molecule has 0 aliphatic rings. The molecule has 1 atom stereocenters. The normalized spacial score (nSPS) is 14.5. The van der Waals surface area contributed by atoms with Crippen molar-refractivity contribution in [1.82, 2.24) is 0 Å². The van der Waals surface area contributed by atoms with Crippen LogP contribution in [0.1, 0.15) is 34.1 Å². The number of aliphatic hydroxyl groups excluding tert-OH is 1. The van der Waals surface area contributed by atoms with Crippen LogP contribution in [0.3, 0.4) is 0 Å². The number of carbonyl (C=O) groups is 1. The monoisotopic (exact) mass is 262 g/mol. The van der Waals surface area contributed by atoms with Gasteiger partial charge in [0.25, 0.3) is 0 Å². The standard InChI is InChI=1S/C12H26O4Si/c1-7-15-11(14)8-10(13)9-16-17(5,6)12(2,3)4/h10,13H,7-9H2,1-6H3/t10-/m1/s1. The summed E-state index contributed by atoms with van der Waals surface area (Å²) in [6, 6.07) is 0. The minimum atomic E-state index is -1.85. The molecule has 0 spiro atoms. The summed E-state index contributed by atoms with van der Waals surface area (Å²) in [7, 11) is -1.85. The molecule has 0 aromatic heterocycles. The quantitative estimate of drug-likeness (QED) is 0.589. The van der Waals surface area contributed by atoms with E-state index >= 15 is 0 Å². The molecule has 0 bridgehead atoms. The van der Waals surface area contributed by atoms with E-state index in [2.05, 4.69) is 33.9 Å². The summed E-state index contributed by atoms with van der Waals surface area (Å²) in [5, 5.41) is 9.78. The number of rotatable bonds is 6. The number of aliphatic hydroxyl groups is 1. The minimum absolute atomic E-state index is 0.00244. The minimum Gasteiger partial charge on any atom is -0.466 e. The maximum atomic E-state index is 11.1. The highest BCUT2D eigenvalue weighted by Gasteiger charge is 2.37. The average Bonchev–Trinajstić information content (AvgIpc) is 2.13. The Labute approximate surface area is 105 Å². The average molecular weight is 262 g/mol. The molecule has 0 aliphatic heterocycles. The number of ether oxygens (including phenoxy) is 1. The van der Waals surface area contributed by atoms with Crippen LogP contribution in [0.15, 0.2) is 0 Å². The van der Waals surface area contributed by atoms with E-state index in [1.807, 2.05) is 0 Å². The SMILES string of the molecule is CCOC(=O)C[C@@H](O)CO[Si](C)(C)C(C)(C)C. The van der Waals surface area contributed by atoms with E-state index in [0.717, 1.165) is 0 Å². The van der Waals surface area contributed by atoms with Crippen molar-refractivity contribution in [3.63, 3.8) is 0 Å². The number of hydrogen-bond acceptors (Lipinski definition) is 4. The van der Waals surface area contributed by atoms with Crippen LogP contribution in [-0.4, -0.2) is 38.7 Å².